The first-order valence-electron chi connectivity index (χ1n) is 11.0. The highest BCUT2D eigenvalue weighted by Crippen LogP contribution is 2.23. The number of nitrogens with zero attached hydrogens (tertiary/aromatic N) is 3. The van der Waals surface area contributed by atoms with Crippen molar-refractivity contribution in [1.82, 2.24) is 19.6 Å². The van der Waals surface area contributed by atoms with Gasteiger partial charge in [0, 0.05) is 23.6 Å². The van der Waals surface area contributed by atoms with Gasteiger partial charge in [-0.25, -0.2) is 13.4 Å². The molecule has 0 bridgehead atoms. The topological polar surface area (TPSA) is 105 Å². The van der Waals surface area contributed by atoms with Crippen LogP contribution in [0.2, 0.25) is 0 Å². The van der Waals surface area contributed by atoms with Crippen molar-refractivity contribution < 1.29 is 13.2 Å². The zero-order valence-electron chi connectivity index (χ0n) is 18.6. The normalized spacial score (nSPS) is 17.2. The molecule has 2 unspecified atom stereocenters. The number of carbonyl (C=O) groups is 1. The molecular formula is C24H27N5O3S. The lowest BCUT2D eigenvalue weighted by atomic mass is 10.1. The largest absolute Gasteiger partial charge is 0.348 e. The van der Waals surface area contributed by atoms with Crippen LogP contribution in [0.15, 0.2) is 77.1 Å². The monoisotopic (exact) mass is 465 g/mol. The van der Waals surface area contributed by atoms with Gasteiger partial charge in [0.25, 0.3) is 10.0 Å². The molecule has 0 aliphatic carbocycles. The minimum atomic E-state index is -3.65. The summed E-state index contributed by atoms with van der Waals surface area (Å²) in [6.45, 7) is 3.96. The molecule has 33 heavy (non-hydrogen) atoms. The smallest absolute Gasteiger partial charge is 0.263 e. The Labute approximate surface area is 193 Å². The summed E-state index contributed by atoms with van der Waals surface area (Å²) in [5.41, 5.74) is 2.44. The van der Waals surface area contributed by atoms with Gasteiger partial charge in [0.15, 0.2) is 0 Å². The number of hydrogen-bond donors (Lipinski definition) is 2. The molecule has 172 valence electrons. The number of amidine groups is 1. The number of rotatable bonds is 8. The van der Waals surface area contributed by atoms with Gasteiger partial charge in [-0.05, 0) is 43.2 Å². The fraction of sp³-hybridized carbons (Fsp3) is 0.292. The van der Waals surface area contributed by atoms with Crippen molar-refractivity contribution in [2.24, 2.45) is 4.99 Å². The van der Waals surface area contributed by atoms with Gasteiger partial charge in [-0.2, -0.15) is 0 Å². The van der Waals surface area contributed by atoms with Crippen LogP contribution >= 0.6 is 0 Å². The van der Waals surface area contributed by atoms with E-state index in [9.17, 15) is 13.2 Å². The SMILES string of the molecule is CCCCC(N=C1NS(=O)(=O)c2ccccc21)C(=O)NC(C)c1ccc(-n2ccnc2)cc1. The maximum absolute atomic E-state index is 13.1. The molecule has 4 rings (SSSR count). The Morgan fingerprint density at radius 1 is 1.18 bits per heavy atom. The molecule has 1 amide bonds. The van der Waals surface area contributed by atoms with Crippen LogP contribution in [-0.2, 0) is 14.8 Å². The molecule has 2 atom stereocenters. The molecule has 1 aliphatic rings. The third-order valence-electron chi connectivity index (χ3n) is 5.64. The Morgan fingerprint density at radius 2 is 1.94 bits per heavy atom. The Balaban J connectivity index is 1.52. The zero-order valence-corrected chi connectivity index (χ0v) is 19.4. The summed E-state index contributed by atoms with van der Waals surface area (Å²) in [6.07, 6.45) is 7.55. The highest BCUT2D eigenvalue weighted by atomic mass is 32.2. The second-order valence-corrected chi connectivity index (χ2v) is 9.68. The highest BCUT2D eigenvalue weighted by Gasteiger charge is 2.32. The quantitative estimate of drug-likeness (QED) is 0.532. The van der Waals surface area contributed by atoms with Crippen LogP contribution in [0, 0.1) is 0 Å². The van der Waals surface area contributed by atoms with E-state index in [1.54, 1.807) is 30.7 Å². The third-order valence-corrected chi connectivity index (χ3v) is 7.03. The van der Waals surface area contributed by atoms with E-state index in [1.807, 2.05) is 48.9 Å². The van der Waals surface area contributed by atoms with Crippen molar-refractivity contribution in [3.8, 4) is 5.69 Å². The molecule has 9 heteroatoms. The standard InChI is InChI=1S/C24H27N5O3S/c1-3-4-8-21(27-23-20-7-5-6-9-22(20)33(31,32)28-23)24(30)26-17(2)18-10-12-19(13-11-18)29-15-14-25-16-29/h5-7,9-17,21H,3-4,8H2,1-2H3,(H,26,30)(H,27,28). The number of hydrogen-bond acceptors (Lipinski definition) is 5. The van der Waals surface area contributed by atoms with E-state index < -0.39 is 16.1 Å². The first-order valence-corrected chi connectivity index (χ1v) is 12.5. The van der Waals surface area contributed by atoms with Gasteiger partial charge in [0.05, 0.1) is 17.3 Å². The van der Waals surface area contributed by atoms with Gasteiger partial charge in [-0.3, -0.25) is 14.5 Å². The van der Waals surface area contributed by atoms with Crippen molar-refractivity contribution >= 4 is 21.8 Å². The zero-order chi connectivity index (χ0) is 23.4. The minimum Gasteiger partial charge on any atom is -0.348 e. The number of aromatic nitrogens is 2. The summed E-state index contributed by atoms with van der Waals surface area (Å²) in [6, 6.07) is 13.6. The van der Waals surface area contributed by atoms with Crippen LogP contribution in [0.25, 0.3) is 5.69 Å². The Kier molecular flexibility index (Phi) is 6.60. The predicted octanol–water partition coefficient (Wildman–Crippen LogP) is 3.35. The summed E-state index contributed by atoms with van der Waals surface area (Å²) in [5.74, 6) is -0.00935. The Morgan fingerprint density at radius 3 is 2.64 bits per heavy atom. The number of nitrogens with one attached hydrogen (secondary N) is 2. The molecule has 1 aliphatic heterocycles. The fourth-order valence-electron chi connectivity index (χ4n) is 3.78. The summed E-state index contributed by atoms with van der Waals surface area (Å²) in [5, 5.41) is 3.04. The lowest BCUT2D eigenvalue weighted by molar-refractivity contribution is -0.123. The van der Waals surface area contributed by atoms with Crippen LogP contribution < -0.4 is 10.0 Å². The number of benzene rings is 2. The van der Waals surface area contributed by atoms with Gasteiger partial charge in [-0.1, -0.05) is 44.0 Å². The molecule has 0 saturated heterocycles. The number of amides is 1. The molecule has 0 radical (unpaired) electrons. The Hall–Kier alpha value is -3.46. The lowest BCUT2D eigenvalue weighted by Crippen LogP contribution is -2.37. The molecule has 0 fully saturated rings. The van der Waals surface area contributed by atoms with Gasteiger partial charge in [0.2, 0.25) is 5.91 Å². The number of imidazole rings is 1. The summed E-state index contributed by atoms with van der Waals surface area (Å²) in [7, 11) is -3.65. The molecular weight excluding hydrogens is 438 g/mol. The average Bonchev–Trinajstić information content (AvgIpc) is 3.43. The molecule has 2 N–H and O–H groups in total. The van der Waals surface area contributed by atoms with E-state index in [2.05, 4.69) is 20.0 Å². The van der Waals surface area contributed by atoms with Crippen LogP contribution in [-0.4, -0.2) is 35.8 Å². The van der Waals surface area contributed by atoms with Gasteiger partial charge in [0.1, 0.15) is 11.9 Å². The first kappa shape index (κ1) is 22.7. The molecule has 2 aromatic carbocycles. The molecule has 2 heterocycles. The summed E-state index contributed by atoms with van der Waals surface area (Å²) < 4.78 is 29.2. The van der Waals surface area contributed by atoms with E-state index in [0.717, 1.165) is 24.1 Å². The van der Waals surface area contributed by atoms with Crippen molar-refractivity contribution in [3.63, 3.8) is 0 Å². The second kappa shape index (κ2) is 9.58. The van der Waals surface area contributed by atoms with Crippen LogP contribution in [0.1, 0.15) is 50.3 Å². The first-order chi connectivity index (χ1) is 15.9. The Bertz CT molecular complexity index is 1250. The molecule has 0 spiro atoms. The second-order valence-electron chi connectivity index (χ2n) is 8.03. The van der Waals surface area contributed by atoms with Crippen molar-refractivity contribution in [2.45, 2.75) is 50.1 Å². The number of aliphatic imine (C=N–C) groups is 1. The molecule has 0 saturated carbocycles. The van der Waals surface area contributed by atoms with E-state index >= 15 is 0 Å². The summed E-state index contributed by atoms with van der Waals surface area (Å²) >= 11 is 0. The minimum absolute atomic E-state index is 0.185. The number of sulfonamides is 1. The lowest BCUT2D eigenvalue weighted by Gasteiger charge is -2.19. The van der Waals surface area contributed by atoms with E-state index in [-0.39, 0.29) is 22.7 Å². The van der Waals surface area contributed by atoms with Crippen molar-refractivity contribution in [2.75, 3.05) is 0 Å². The number of unbranched alkanes of at least 4 members (excludes halogenated alkanes) is 1. The van der Waals surface area contributed by atoms with E-state index in [4.69, 9.17) is 0 Å². The molecule has 1 aromatic heterocycles. The number of fused-ring (bicyclic) bond motifs is 1. The van der Waals surface area contributed by atoms with Gasteiger partial charge < -0.3 is 9.88 Å². The maximum atomic E-state index is 13.1. The average molecular weight is 466 g/mol. The van der Waals surface area contributed by atoms with E-state index in [0.29, 0.717) is 12.0 Å². The highest BCUT2D eigenvalue weighted by molar-refractivity contribution is 7.90. The van der Waals surface area contributed by atoms with Gasteiger partial charge in [-0.15, -0.1) is 0 Å². The maximum Gasteiger partial charge on any atom is 0.263 e. The molecule has 3 aromatic rings. The van der Waals surface area contributed by atoms with Crippen LogP contribution in [0.4, 0.5) is 0 Å². The molecule has 8 nitrogen and oxygen atoms in total. The van der Waals surface area contributed by atoms with Crippen LogP contribution in [0.5, 0.6) is 0 Å². The third kappa shape index (κ3) is 4.98. The van der Waals surface area contributed by atoms with Crippen molar-refractivity contribution in [3.05, 3.63) is 78.4 Å². The predicted molar refractivity (Wildman–Crippen MR) is 127 cm³/mol. The summed E-state index contributed by atoms with van der Waals surface area (Å²) in [4.78, 5) is 21.9. The van der Waals surface area contributed by atoms with Crippen molar-refractivity contribution in [1.29, 1.82) is 0 Å². The fourth-order valence-corrected chi connectivity index (χ4v) is 5.02. The van der Waals surface area contributed by atoms with E-state index in [1.165, 1.54) is 6.07 Å². The van der Waals surface area contributed by atoms with Crippen LogP contribution in [0.3, 0.4) is 0 Å². The number of carbonyl (C=O) groups excluding carboxylic acids is 1. The van der Waals surface area contributed by atoms with Gasteiger partial charge >= 0.3 is 0 Å².